The first-order valence-electron chi connectivity index (χ1n) is 12.6. The Balaban J connectivity index is 2.37. The van der Waals surface area contributed by atoms with Gasteiger partial charge in [-0.2, -0.15) is 0 Å². The van der Waals surface area contributed by atoms with E-state index in [0.717, 1.165) is 0 Å². The van der Waals surface area contributed by atoms with Gasteiger partial charge in [0.25, 0.3) is 0 Å². The van der Waals surface area contributed by atoms with Gasteiger partial charge < -0.3 is 42.1 Å². The van der Waals surface area contributed by atoms with Crippen LogP contribution in [0.1, 0.15) is 82.5 Å². The first-order chi connectivity index (χ1) is 18.6. The van der Waals surface area contributed by atoms with Crippen molar-refractivity contribution in [2.75, 3.05) is 11.5 Å². The van der Waals surface area contributed by atoms with Crippen molar-refractivity contribution < 1.29 is 40.2 Å². The van der Waals surface area contributed by atoms with E-state index in [0.29, 0.717) is 0 Å². The average Bonchev–Trinajstić information content (AvgIpc) is 2.89. The molecule has 0 bridgehead atoms. The number of hydrogen-bond acceptors (Lipinski definition) is 10. The topological polar surface area (TPSA) is 208 Å². The average molecular weight is 549 g/mol. The molecule has 0 saturated carbocycles. The standard InChI is InChI=1S/C30H32N2O8/c1-9(2)15-21-19(13(7-33)25(35)29(15)39)27(37)17(11(5)23(21)31)18-12(6)24(32)22-16(10(3)4)30(40)26(36)14(8-34)20(22)28(18)38/h7-10,35-40H,31-32H2,1-6H3. The zero-order valence-corrected chi connectivity index (χ0v) is 23.0. The van der Waals surface area contributed by atoms with Crippen LogP contribution in [-0.2, 0) is 0 Å². The fourth-order valence-electron chi connectivity index (χ4n) is 5.79. The minimum atomic E-state index is -0.736. The van der Waals surface area contributed by atoms with Gasteiger partial charge in [0.1, 0.15) is 11.5 Å². The van der Waals surface area contributed by atoms with Gasteiger partial charge in [-0.1, -0.05) is 27.7 Å². The molecule has 10 nitrogen and oxygen atoms in total. The molecule has 0 atom stereocenters. The lowest BCUT2D eigenvalue weighted by atomic mass is 9.81. The van der Waals surface area contributed by atoms with Crippen LogP contribution in [0.5, 0.6) is 34.5 Å². The molecule has 0 spiro atoms. The van der Waals surface area contributed by atoms with Gasteiger partial charge in [0.15, 0.2) is 35.6 Å². The number of benzene rings is 4. The van der Waals surface area contributed by atoms with Crippen molar-refractivity contribution in [2.45, 2.75) is 53.4 Å². The highest BCUT2D eigenvalue weighted by atomic mass is 16.3. The summed E-state index contributed by atoms with van der Waals surface area (Å²) in [5.41, 5.74) is 13.3. The number of nitrogen functional groups attached to an aromatic ring is 2. The Morgan fingerprint density at radius 1 is 0.525 bits per heavy atom. The zero-order chi connectivity index (χ0) is 30.1. The van der Waals surface area contributed by atoms with Gasteiger partial charge >= 0.3 is 0 Å². The molecule has 0 amide bonds. The van der Waals surface area contributed by atoms with Crippen LogP contribution in [-0.4, -0.2) is 43.2 Å². The molecule has 4 rings (SSSR count). The lowest BCUT2D eigenvalue weighted by Gasteiger charge is -2.25. The van der Waals surface area contributed by atoms with E-state index in [1.165, 1.54) is 0 Å². The van der Waals surface area contributed by atoms with Crippen molar-refractivity contribution in [1.29, 1.82) is 0 Å². The molecule has 10 N–H and O–H groups in total. The monoisotopic (exact) mass is 548 g/mol. The largest absolute Gasteiger partial charge is 0.507 e. The van der Waals surface area contributed by atoms with Crippen molar-refractivity contribution in [3.05, 3.63) is 33.4 Å². The van der Waals surface area contributed by atoms with Gasteiger partial charge in [-0.05, 0) is 36.8 Å². The Labute approximate surface area is 229 Å². The molecule has 10 heteroatoms. The van der Waals surface area contributed by atoms with Gasteiger partial charge in [0.2, 0.25) is 0 Å². The van der Waals surface area contributed by atoms with Crippen LogP contribution < -0.4 is 11.5 Å². The summed E-state index contributed by atoms with van der Waals surface area (Å²) in [7, 11) is 0. The molecular formula is C30H32N2O8. The van der Waals surface area contributed by atoms with E-state index in [1.807, 2.05) is 0 Å². The SMILES string of the molecule is Cc1c(-c2c(C)c(N)c3c(C(C)C)c(O)c(O)c(C=O)c3c2O)c(O)c2c(C=O)c(O)c(O)c(C(C)C)c2c1N. The second-order valence-electron chi connectivity index (χ2n) is 10.6. The molecule has 4 aromatic rings. The molecule has 0 aromatic heterocycles. The fourth-order valence-corrected chi connectivity index (χ4v) is 5.79. The van der Waals surface area contributed by atoms with Crippen LogP contribution in [0.2, 0.25) is 0 Å². The molecule has 0 aliphatic heterocycles. The Morgan fingerprint density at radius 3 is 1.07 bits per heavy atom. The Morgan fingerprint density at radius 2 is 0.825 bits per heavy atom. The normalized spacial score (nSPS) is 11.7. The molecule has 0 saturated heterocycles. The van der Waals surface area contributed by atoms with Gasteiger partial charge in [-0.3, -0.25) is 9.59 Å². The van der Waals surface area contributed by atoms with Gasteiger partial charge in [-0.15, -0.1) is 0 Å². The summed E-state index contributed by atoms with van der Waals surface area (Å²) in [6, 6.07) is 0. The molecule has 0 heterocycles. The van der Waals surface area contributed by atoms with E-state index in [2.05, 4.69) is 0 Å². The Hall–Kier alpha value is -4.86. The minimum Gasteiger partial charge on any atom is -0.507 e. The smallest absolute Gasteiger partial charge is 0.169 e. The summed E-state index contributed by atoms with van der Waals surface area (Å²) in [5, 5.41) is 66.2. The second-order valence-corrected chi connectivity index (χ2v) is 10.6. The summed E-state index contributed by atoms with van der Waals surface area (Å²) >= 11 is 0. The molecule has 0 fully saturated rings. The van der Waals surface area contributed by atoms with E-state index < -0.39 is 45.6 Å². The van der Waals surface area contributed by atoms with Gasteiger partial charge in [0.05, 0.1) is 11.1 Å². The van der Waals surface area contributed by atoms with Crippen molar-refractivity contribution in [3.63, 3.8) is 0 Å². The number of aldehydes is 2. The van der Waals surface area contributed by atoms with Crippen molar-refractivity contribution >= 4 is 45.5 Å². The number of aromatic hydroxyl groups is 6. The lowest BCUT2D eigenvalue weighted by Crippen LogP contribution is -2.06. The summed E-state index contributed by atoms with van der Waals surface area (Å²) in [4.78, 5) is 24.2. The highest BCUT2D eigenvalue weighted by Crippen LogP contribution is 2.57. The maximum atomic E-state index is 12.1. The predicted octanol–water partition coefficient (Wildman–Crippen LogP) is 5.55. The second kappa shape index (κ2) is 9.41. The third-order valence-corrected chi connectivity index (χ3v) is 7.73. The highest BCUT2D eigenvalue weighted by Gasteiger charge is 2.32. The summed E-state index contributed by atoms with van der Waals surface area (Å²) < 4.78 is 0. The van der Waals surface area contributed by atoms with Crippen LogP contribution >= 0.6 is 0 Å². The molecule has 4 aromatic carbocycles. The number of fused-ring (bicyclic) bond motifs is 2. The van der Waals surface area contributed by atoms with Crippen LogP contribution in [0.4, 0.5) is 11.4 Å². The maximum absolute atomic E-state index is 12.1. The Bertz CT molecular complexity index is 1660. The van der Waals surface area contributed by atoms with E-state index >= 15 is 0 Å². The lowest BCUT2D eigenvalue weighted by molar-refractivity contribution is 0.111. The van der Waals surface area contributed by atoms with Crippen molar-refractivity contribution in [1.82, 2.24) is 0 Å². The quantitative estimate of drug-likeness (QED) is 0.0675. The van der Waals surface area contributed by atoms with E-state index in [-0.39, 0.29) is 90.7 Å². The number of rotatable bonds is 5. The number of hydrogen-bond donors (Lipinski definition) is 8. The molecule has 0 aliphatic rings. The molecule has 0 radical (unpaired) electrons. The zero-order valence-electron chi connectivity index (χ0n) is 23.0. The van der Waals surface area contributed by atoms with Crippen molar-refractivity contribution in [2.24, 2.45) is 0 Å². The predicted molar refractivity (Wildman–Crippen MR) is 154 cm³/mol. The van der Waals surface area contributed by atoms with E-state index in [1.54, 1.807) is 41.5 Å². The van der Waals surface area contributed by atoms with Gasteiger partial charge in [0, 0.05) is 55.2 Å². The summed E-state index contributed by atoms with van der Waals surface area (Å²) in [6.07, 6.45) is 0.558. The number of phenolic OH excluding ortho intramolecular Hbond substituents is 6. The minimum absolute atomic E-state index is 0.0352. The fraction of sp³-hybridized carbons (Fsp3) is 0.267. The highest BCUT2D eigenvalue weighted by molar-refractivity contribution is 6.19. The first kappa shape index (κ1) is 28.2. The Kier molecular flexibility index (Phi) is 6.62. The first-order valence-corrected chi connectivity index (χ1v) is 12.6. The molecular weight excluding hydrogens is 516 g/mol. The van der Waals surface area contributed by atoms with Crippen LogP contribution in [0.15, 0.2) is 0 Å². The molecule has 0 unspecified atom stereocenters. The number of anilines is 2. The summed E-state index contributed by atoms with van der Waals surface area (Å²) in [6.45, 7) is 10.1. The van der Waals surface area contributed by atoms with E-state index in [9.17, 15) is 40.2 Å². The summed E-state index contributed by atoms with van der Waals surface area (Å²) in [5.74, 6) is -4.37. The van der Waals surface area contributed by atoms with E-state index in [4.69, 9.17) is 11.5 Å². The number of carbonyl (C=O) groups excluding carboxylic acids is 2. The number of carbonyl (C=O) groups is 2. The van der Waals surface area contributed by atoms with Crippen LogP contribution in [0, 0.1) is 13.8 Å². The third kappa shape index (κ3) is 3.48. The maximum Gasteiger partial charge on any atom is 0.169 e. The van der Waals surface area contributed by atoms with Crippen LogP contribution in [0.3, 0.4) is 0 Å². The van der Waals surface area contributed by atoms with Crippen LogP contribution in [0.25, 0.3) is 32.7 Å². The number of phenols is 6. The third-order valence-electron chi connectivity index (χ3n) is 7.73. The van der Waals surface area contributed by atoms with Crippen molar-refractivity contribution in [3.8, 4) is 45.6 Å². The molecule has 210 valence electrons. The number of nitrogens with two attached hydrogens (primary N) is 2. The molecule has 0 aliphatic carbocycles. The molecule has 40 heavy (non-hydrogen) atoms. The van der Waals surface area contributed by atoms with Gasteiger partial charge in [-0.25, -0.2) is 0 Å².